The Morgan fingerprint density at radius 3 is 2.81 bits per heavy atom. The summed E-state index contributed by atoms with van der Waals surface area (Å²) >= 11 is 0. The average Bonchev–Trinajstić information content (AvgIpc) is 2.49. The van der Waals surface area contributed by atoms with E-state index < -0.39 is 0 Å². The van der Waals surface area contributed by atoms with E-state index in [0.717, 1.165) is 23.0 Å². The van der Waals surface area contributed by atoms with Crippen LogP contribution in [0.15, 0.2) is 36.5 Å². The second-order valence-electron chi connectivity index (χ2n) is 5.92. The number of pyridine rings is 1. The summed E-state index contributed by atoms with van der Waals surface area (Å²) in [4.78, 5) is 18.7. The van der Waals surface area contributed by atoms with Gasteiger partial charge in [-0.05, 0) is 38.5 Å². The lowest BCUT2D eigenvalue weighted by atomic mass is 10.0. The molecular weight excluding hydrogens is 262 g/mol. The van der Waals surface area contributed by atoms with Gasteiger partial charge in [0, 0.05) is 30.2 Å². The van der Waals surface area contributed by atoms with E-state index in [-0.39, 0.29) is 18.0 Å². The Kier molecular flexibility index (Phi) is 3.64. The van der Waals surface area contributed by atoms with Gasteiger partial charge in [-0.3, -0.25) is 14.7 Å². The zero-order valence-corrected chi connectivity index (χ0v) is 12.7. The van der Waals surface area contributed by atoms with Crippen molar-refractivity contribution in [3.63, 3.8) is 0 Å². The summed E-state index contributed by atoms with van der Waals surface area (Å²) < 4.78 is 0. The molecule has 4 nitrogen and oxygen atoms in total. The average molecular weight is 283 g/mol. The maximum Gasteiger partial charge on any atom is 0.237 e. The quantitative estimate of drug-likeness (QED) is 0.920. The third-order valence-electron chi connectivity index (χ3n) is 4.51. The number of amides is 1. The van der Waals surface area contributed by atoms with Crippen molar-refractivity contribution in [3.05, 3.63) is 42.1 Å². The van der Waals surface area contributed by atoms with Crippen molar-refractivity contribution in [2.75, 3.05) is 0 Å². The molecule has 1 fully saturated rings. The molecule has 0 radical (unpaired) electrons. The highest BCUT2D eigenvalue weighted by molar-refractivity contribution is 5.82. The van der Waals surface area contributed by atoms with Crippen LogP contribution in [-0.4, -0.2) is 33.9 Å². The molecule has 1 saturated heterocycles. The van der Waals surface area contributed by atoms with E-state index in [9.17, 15) is 4.79 Å². The number of hydrogen-bond donors (Lipinski definition) is 1. The van der Waals surface area contributed by atoms with E-state index in [0.29, 0.717) is 6.04 Å². The first-order valence-corrected chi connectivity index (χ1v) is 7.46. The highest BCUT2D eigenvalue weighted by Crippen LogP contribution is 2.20. The number of nitrogens with zero attached hydrogens (tertiary/aromatic N) is 2. The van der Waals surface area contributed by atoms with Crippen LogP contribution in [-0.2, 0) is 11.3 Å². The van der Waals surface area contributed by atoms with Crippen molar-refractivity contribution in [3.8, 4) is 0 Å². The standard InChI is InChI=1S/C17H21N3O/c1-11-12(2)20(13(3)17(21)19-11)10-14-8-15-6-4-5-7-16(15)18-9-14/h4-9,11-13H,10H2,1-3H3,(H,19,21)/t11-,12-,13-/m0/s1. The summed E-state index contributed by atoms with van der Waals surface area (Å²) in [5, 5.41) is 4.17. The molecule has 3 rings (SSSR count). The molecule has 1 aliphatic rings. The highest BCUT2D eigenvalue weighted by atomic mass is 16.2. The molecule has 0 aliphatic carbocycles. The Morgan fingerprint density at radius 1 is 1.24 bits per heavy atom. The van der Waals surface area contributed by atoms with Gasteiger partial charge >= 0.3 is 0 Å². The van der Waals surface area contributed by atoms with Gasteiger partial charge in [-0.15, -0.1) is 0 Å². The molecule has 1 aliphatic heterocycles. The fourth-order valence-electron chi connectivity index (χ4n) is 2.95. The van der Waals surface area contributed by atoms with Crippen molar-refractivity contribution in [2.24, 2.45) is 0 Å². The summed E-state index contributed by atoms with van der Waals surface area (Å²) in [6, 6.07) is 10.6. The summed E-state index contributed by atoms with van der Waals surface area (Å²) in [6.07, 6.45) is 1.92. The number of rotatable bonds is 2. The molecular formula is C17H21N3O. The van der Waals surface area contributed by atoms with Crippen molar-refractivity contribution in [1.82, 2.24) is 15.2 Å². The van der Waals surface area contributed by atoms with Crippen LogP contribution in [0.25, 0.3) is 10.9 Å². The predicted octanol–water partition coefficient (Wildman–Crippen LogP) is 2.33. The molecule has 110 valence electrons. The molecule has 1 N–H and O–H groups in total. The Hall–Kier alpha value is -1.94. The second kappa shape index (κ2) is 5.45. The molecule has 0 bridgehead atoms. The normalized spacial score (nSPS) is 26.8. The number of aromatic nitrogens is 1. The molecule has 3 atom stereocenters. The minimum Gasteiger partial charge on any atom is -0.351 e. The van der Waals surface area contributed by atoms with Crippen molar-refractivity contribution in [1.29, 1.82) is 0 Å². The molecule has 1 aromatic heterocycles. The third kappa shape index (κ3) is 2.63. The lowest BCUT2D eigenvalue weighted by Crippen LogP contribution is -2.62. The minimum absolute atomic E-state index is 0.106. The number of piperazine rings is 1. The predicted molar refractivity (Wildman–Crippen MR) is 83.8 cm³/mol. The molecule has 2 aromatic rings. The summed E-state index contributed by atoms with van der Waals surface area (Å²) in [5.41, 5.74) is 2.15. The molecule has 0 spiro atoms. The van der Waals surface area contributed by atoms with Gasteiger partial charge in [0.15, 0.2) is 0 Å². The van der Waals surface area contributed by atoms with Crippen LogP contribution in [0.2, 0.25) is 0 Å². The van der Waals surface area contributed by atoms with Crippen LogP contribution < -0.4 is 5.32 Å². The first kappa shape index (κ1) is 14.0. The zero-order chi connectivity index (χ0) is 15.0. The SMILES string of the molecule is C[C@@H]1NC(=O)[C@H](C)N(Cc2cnc3ccccc3c2)[C@H]1C. The summed E-state index contributed by atoms with van der Waals surface area (Å²) in [6.45, 7) is 6.93. The molecule has 4 heteroatoms. The molecule has 1 aromatic carbocycles. The number of para-hydroxylation sites is 1. The number of carbonyl (C=O) groups is 1. The Morgan fingerprint density at radius 2 is 2.00 bits per heavy atom. The van der Waals surface area contributed by atoms with Gasteiger partial charge in [-0.1, -0.05) is 18.2 Å². The first-order chi connectivity index (χ1) is 10.1. The van der Waals surface area contributed by atoms with Crippen molar-refractivity contribution in [2.45, 2.75) is 45.4 Å². The van der Waals surface area contributed by atoms with Crippen molar-refractivity contribution < 1.29 is 4.79 Å². The first-order valence-electron chi connectivity index (χ1n) is 7.46. The van der Waals surface area contributed by atoms with Crippen molar-refractivity contribution >= 4 is 16.8 Å². The van der Waals surface area contributed by atoms with Gasteiger partial charge < -0.3 is 5.32 Å². The molecule has 21 heavy (non-hydrogen) atoms. The zero-order valence-electron chi connectivity index (χ0n) is 12.7. The molecule has 0 unspecified atom stereocenters. The van der Waals surface area contributed by atoms with Crippen LogP contribution in [0, 0.1) is 0 Å². The molecule has 0 saturated carbocycles. The van der Waals surface area contributed by atoms with Gasteiger partial charge in [0.1, 0.15) is 0 Å². The molecule has 2 heterocycles. The van der Waals surface area contributed by atoms with Gasteiger partial charge in [0.05, 0.1) is 11.6 Å². The number of benzene rings is 1. The number of carbonyl (C=O) groups excluding carboxylic acids is 1. The Bertz CT molecular complexity index is 670. The Balaban J connectivity index is 1.87. The van der Waals surface area contributed by atoms with E-state index in [1.54, 1.807) is 0 Å². The number of fused-ring (bicyclic) bond motifs is 1. The van der Waals surface area contributed by atoms with Gasteiger partial charge in [0.2, 0.25) is 5.91 Å². The maximum atomic E-state index is 12.0. The maximum absolute atomic E-state index is 12.0. The lowest BCUT2D eigenvalue weighted by Gasteiger charge is -2.42. The van der Waals surface area contributed by atoms with Gasteiger partial charge in [0.25, 0.3) is 0 Å². The molecule has 1 amide bonds. The number of hydrogen-bond acceptors (Lipinski definition) is 3. The minimum atomic E-state index is -0.109. The smallest absolute Gasteiger partial charge is 0.237 e. The van der Waals surface area contributed by atoms with Crippen LogP contribution in [0.3, 0.4) is 0 Å². The largest absolute Gasteiger partial charge is 0.351 e. The van der Waals surface area contributed by atoms with E-state index in [4.69, 9.17) is 0 Å². The van der Waals surface area contributed by atoms with Crippen LogP contribution in [0.4, 0.5) is 0 Å². The van der Waals surface area contributed by atoms with Crippen LogP contribution >= 0.6 is 0 Å². The number of nitrogens with one attached hydrogen (secondary N) is 1. The van der Waals surface area contributed by atoms with Gasteiger partial charge in [-0.25, -0.2) is 0 Å². The van der Waals surface area contributed by atoms with E-state index >= 15 is 0 Å². The van der Waals surface area contributed by atoms with Crippen LogP contribution in [0.1, 0.15) is 26.3 Å². The van der Waals surface area contributed by atoms with E-state index in [2.05, 4.69) is 41.2 Å². The fraction of sp³-hybridized carbons (Fsp3) is 0.412. The Labute approximate surface area is 125 Å². The topological polar surface area (TPSA) is 45.2 Å². The second-order valence-corrected chi connectivity index (χ2v) is 5.92. The van der Waals surface area contributed by atoms with Crippen LogP contribution in [0.5, 0.6) is 0 Å². The van der Waals surface area contributed by atoms with E-state index in [1.807, 2.05) is 31.3 Å². The highest BCUT2D eigenvalue weighted by Gasteiger charge is 2.34. The summed E-state index contributed by atoms with van der Waals surface area (Å²) in [5.74, 6) is 0.106. The lowest BCUT2D eigenvalue weighted by molar-refractivity contribution is -0.132. The third-order valence-corrected chi connectivity index (χ3v) is 4.51. The fourth-order valence-corrected chi connectivity index (χ4v) is 2.95. The van der Waals surface area contributed by atoms with E-state index in [1.165, 1.54) is 0 Å². The monoisotopic (exact) mass is 283 g/mol. The van der Waals surface area contributed by atoms with Gasteiger partial charge in [-0.2, -0.15) is 0 Å². The summed E-state index contributed by atoms with van der Waals surface area (Å²) in [7, 11) is 0.